The molecule has 0 saturated heterocycles. The van der Waals surface area contributed by atoms with Crippen molar-refractivity contribution in [2.45, 2.75) is 39.9 Å². The van der Waals surface area contributed by atoms with E-state index < -0.39 is 0 Å². The molecule has 0 bridgehead atoms. The Morgan fingerprint density at radius 3 is 2.69 bits per heavy atom. The molecular weight excluding hydrogens is 369 g/mol. The molecule has 0 spiro atoms. The number of amides is 1. The number of ether oxygens (including phenoxy) is 1. The summed E-state index contributed by atoms with van der Waals surface area (Å²) in [4.78, 5) is 14.9. The van der Waals surface area contributed by atoms with Crippen molar-refractivity contribution in [3.63, 3.8) is 0 Å². The van der Waals surface area contributed by atoms with Gasteiger partial charge in [0.25, 0.3) is 0 Å². The van der Waals surface area contributed by atoms with E-state index in [1.807, 2.05) is 56.0 Å². The minimum Gasteiger partial charge on any atom is -0.491 e. The van der Waals surface area contributed by atoms with Crippen LogP contribution < -0.4 is 4.74 Å². The van der Waals surface area contributed by atoms with Gasteiger partial charge in [0.2, 0.25) is 5.91 Å². The van der Waals surface area contributed by atoms with Gasteiger partial charge in [-0.2, -0.15) is 5.10 Å². The van der Waals surface area contributed by atoms with Gasteiger partial charge >= 0.3 is 0 Å². The van der Waals surface area contributed by atoms with Crippen molar-refractivity contribution in [1.29, 1.82) is 0 Å². The minimum atomic E-state index is -0.274. The van der Waals surface area contributed by atoms with Crippen molar-refractivity contribution in [1.82, 2.24) is 14.7 Å². The zero-order valence-corrected chi connectivity index (χ0v) is 16.9. The fourth-order valence-corrected chi connectivity index (χ4v) is 3.72. The molecule has 1 aliphatic heterocycles. The van der Waals surface area contributed by atoms with Crippen LogP contribution in [-0.2, 0) is 17.9 Å². The number of carbonyl (C=O) groups is 1. The average Bonchev–Trinajstić information content (AvgIpc) is 2.90. The smallest absolute Gasteiger partial charge is 0.244 e. The number of hydrogen-bond acceptors (Lipinski definition) is 3. The molecule has 3 aromatic rings. The molecule has 29 heavy (non-hydrogen) atoms. The van der Waals surface area contributed by atoms with Gasteiger partial charge in [-0.3, -0.25) is 9.48 Å². The maximum Gasteiger partial charge on any atom is 0.244 e. The Morgan fingerprint density at radius 2 is 1.97 bits per heavy atom. The average molecular weight is 393 g/mol. The SMILES string of the molecule is Cc1cc(C)n(CC(=O)N2Cc3cc(-c4cccc(F)c4)ccc3OC[C@@H]2C)n1. The molecule has 2 heterocycles. The third kappa shape index (κ3) is 4.01. The normalized spacial score (nSPS) is 16.1. The fraction of sp³-hybridized carbons (Fsp3) is 0.304. The summed E-state index contributed by atoms with van der Waals surface area (Å²) >= 11 is 0. The monoisotopic (exact) mass is 393 g/mol. The van der Waals surface area contributed by atoms with E-state index in [-0.39, 0.29) is 24.3 Å². The number of rotatable bonds is 3. The summed E-state index contributed by atoms with van der Waals surface area (Å²) in [6.45, 7) is 6.91. The zero-order valence-electron chi connectivity index (χ0n) is 16.9. The topological polar surface area (TPSA) is 47.4 Å². The molecule has 1 atom stereocenters. The maximum absolute atomic E-state index is 13.6. The second-order valence-corrected chi connectivity index (χ2v) is 7.60. The molecule has 0 aliphatic carbocycles. The first-order valence-electron chi connectivity index (χ1n) is 9.73. The first-order valence-corrected chi connectivity index (χ1v) is 9.73. The van der Waals surface area contributed by atoms with E-state index in [1.54, 1.807) is 10.7 Å². The van der Waals surface area contributed by atoms with Crippen LogP contribution in [0.5, 0.6) is 5.75 Å². The molecule has 0 saturated carbocycles. The number of halogens is 1. The van der Waals surface area contributed by atoms with Crippen LogP contribution in [0.2, 0.25) is 0 Å². The number of carbonyl (C=O) groups excluding carboxylic acids is 1. The minimum absolute atomic E-state index is 0.00342. The Hall–Kier alpha value is -3.15. The van der Waals surface area contributed by atoms with Crippen LogP contribution >= 0.6 is 0 Å². The van der Waals surface area contributed by atoms with E-state index in [0.717, 1.165) is 33.8 Å². The van der Waals surface area contributed by atoms with Crippen LogP contribution in [0.1, 0.15) is 23.9 Å². The van der Waals surface area contributed by atoms with Crippen molar-refractivity contribution in [3.8, 4) is 16.9 Å². The molecule has 5 nitrogen and oxygen atoms in total. The largest absolute Gasteiger partial charge is 0.491 e. The number of nitrogens with zero attached hydrogens (tertiary/aromatic N) is 3. The second-order valence-electron chi connectivity index (χ2n) is 7.60. The summed E-state index contributed by atoms with van der Waals surface area (Å²) in [6.07, 6.45) is 0. The van der Waals surface area contributed by atoms with E-state index in [0.29, 0.717) is 13.2 Å². The third-order valence-electron chi connectivity index (χ3n) is 5.28. The second kappa shape index (κ2) is 7.70. The lowest BCUT2D eigenvalue weighted by Gasteiger charge is -2.26. The molecule has 2 aromatic carbocycles. The van der Waals surface area contributed by atoms with Crippen molar-refractivity contribution >= 4 is 5.91 Å². The molecule has 1 aliphatic rings. The van der Waals surface area contributed by atoms with Crippen LogP contribution in [0.15, 0.2) is 48.5 Å². The summed E-state index contributed by atoms with van der Waals surface area (Å²) in [5.74, 6) is 0.485. The van der Waals surface area contributed by atoms with Crippen molar-refractivity contribution < 1.29 is 13.9 Å². The van der Waals surface area contributed by atoms with E-state index in [1.165, 1.54) is 12.1 Å². The van der Waals surface area contributed by atoms with Crippen LogP contribution in [0.25, 0.3) is 11.1 Å². The van der Waals surface area contributed by atoms with Gasteiger partial charge in [0.05, 0.1) is 11.7 Å². The van der Waals surface area contributed by atoms with Gasteiger partial charge in [0.15, 0.2) is 0 Å². The van der Waals surface area contributed by atoms with E-state index in [2.05, 4.69) is 5.10 Å². The van der Waals surface area contributed by atoms with Gasteiger partial charge in [0.1, 0.15) is 24.7 Å². The lowest BCUT2D eigenvalue weighted by atomic mass is 10.0. The number of fused-ring (bicyclic) bond motifs is 1. The lowest BCUT2D eigenvalue weighted by Crippen LogP contribution is -2.41. The van der Waals surface area contributed by atoms with Gasteiger partial charge in [-0.25, -0.2) is 4.39 Å². The molecular formula is C23H24FN3O2. The maximum atomic E-state index is 13.6. The summed E-state index contributed by atoms with van der Waals surface area (Å²) in [7, 11) is 0. The van der Waals surface area contributed by atoms with Gasteiger partial charge in [-0.1, -0.05) is 18.2 Å². The molecule has 150 valence electrons. The van der Waals surface area contributed by atoms with Crippen molar-refractivity contribution in [2.24, 2.45) is 0 Å². The zero-order chi connectivity index (χ0) is 20.5. The first-order chi connectivity index (χ1) is 13.9. The quantitative estimate of drug-likeness (QED) is 0.673. The van der Waals surface area contributed by atoms with Gasteiger partial charge in [0, 0.05) is 17.8 Å². The summed E-state index contributed by atoms with van der Waals surface area (Å²) in [6, 6.07) is 14.2. The van der Waals surface area contributed by atoms with E-state index >= 15 is 0 Å². The Kier molecular flexibility index (Phi) is 5.09. The predicted molar refractivity (Wildman–Crippen MR) is 109 cm³/mol. The lowest BCUT2D eigenvalue weighted by molar-refractivity contribution is -0.135. The molecule has 6 heteroatoms. The highest BCUT2D eigenvalue weighted by Gasteiger charge is 2.26. The Morgan fingerprint density at radius 1 is 1.17 bits per heavy atom. The summed E-state index contributed by atoms with van der Waals surface area (Å²) in [5.41, 5.74) is 4.46. The molecule has 0 N–H and O–H groups in total. The van der Waals surface area contributed by atoms with Crippen LogP contribution in [0.4, 0.5) is 4.39 Å². The number of aryl methyl sites for hydroxylation is 2. The Bertz CT molecular complexity index is 1060. The van der Waals surface area contributed by atoms with Gasteiger partial charge < -0.3 is 9.64 Å². The molecule has 1 amide bonds. The Labute approximate surface area is 169 Å². The number of hydrogen-bond donors (Lipinski definition) is 0. The predicted octanol–water partition coefficient (Wildman–Crippen LogP) is 4.12. The molecule has 0 radical (unpaired) electrons. The van der Waals surface area contributed by atoms with Gasteiger partial charge in [-0.15, -0.1) is 0 Å². The van der Waals surface area contributed by atoms with E-state index in [9.17, 15) is 9.18 Å². The summed E-state index contributed by atoms with van der Waals surface area (Å²) in [5, 5.41) is 4.40. The van der Waals surface area contributed by atoms with Crippen molar-refractivity contribution in [3.05, 3.63) is 71.3 Å². The Balaban J connectivity index is 1.61. The van der Waals surface area contributed by atoms with Crippen LogP contribution in [0.3, 0.4) is 0 Å². The highest BCUT2D eigenvalue weighted by Crippen LogP contribution is 2.31. The fourth-order valence-electron chi connectivity index (χ4n) is 3.72. The number of aromatic nitrogens is 2. The van der Waals surface area contributed by atoms with Gasteiger partial charge in [-0.05, 0) is 62.2 Å². The summed E-state index contributed by atoms with van der Waals surface area (Å²) < 4.78 is 21.3. The molecule has 4 rings (SSSR count). The number of benzene rings is 2. The molecule has 1 aromatic heterocycles. The first kappa shape index (κ1) is 19.2. The third-order valence-corrected chi connectivity index (χ3v) is 5.28. The standard InChI is InChI=1S/C23H24FN3O2/c1-15-9-16(2)27(25-15)13-23(28)26-12-20-10-19(18-5-4-6-21(24)11-18)7-8-22(20)29-14-17(26)3/h4-11,17H,12-14H2,1-3H3/t17-/m0/s1. The van der Waals surface area contributed by atoms with Crippen LogP contribution in [-0.4, -0.2) is 33.2 Å². The highest BCUT2D eigenvalue weighted by molar-refractivity contribution is 5.77. The molecule has 0 fully saturated rings. The highest BCUT2D eigenvalue weighted by atomic mass is 19.1. The van der Waals surface area contributed by atoms with E-state index in [4.69, 9.17) is 4.74 Å². The van der Waals surface area contributed by atoms with Crippen molar-refractivity contribution in [2.75, 3.05) is 6.61 Å². The van der Waals surface area contributed by atoms with Crippen LogP contribution in [0, 0.1) is 19.7 Å². The molecule has 0 unspecified atom stereocenters.